The lowest BCUT2D eigenvalue weighted by molar-refractivity contribution is 0.414. The minimum atomic E-state index is -0.550. The fourth-order valence-electron chi connectivity index (χ4n) is 1.03. The molecule has 1 aromatic rings. The molecular formula is C8H11Cl2N3O. The summed E-state index contributed by atoms with van der Waals surface area (Å²) in [7, 11) is 1.51. The van der Waals surface area contributed by atoms with Crippen molar-refractivity contribution in [1.82, 2.24) is 5.43 Å². The Labute approximate surface area is 92.1 Å². The Morgan fingerprint density at radius 2 is 2.00 bits per heavy atom. The molecule has 14 heavy (non-hydrogen) atoms. The van der Waals surface area contributed by atoms with Crippen LogP contribution < -0.4 is 21.7 Å². The monoisotopic (exact) mass is 235 g/mol. The van der Waals surface area contributed by atoms with Crippen molar-refractivity contribution < 1.29 is 4.74 Å². The van der Waals surface area contributed by atoms with Crippen LogP contribution in [0, 0.1) is 0 Å². The average Bonchev–Trinajstić information content (AvgIpc) is 2.19. The van der Waals surface area contributed by atoms with E-state index in [1.807, 2.05) is 0 Å². The molecule has 0 aromatic heterocycles. The predicted octanol–water partition coefficient (Wildman–Crippen LogP) is 1.42. The number of hydrazine groups is 1. The maximum atomic E-state index is 5.94. The van der Waals surface area contributed by atoms with Crippen LogP contribution in [0.5, 0.6) is 5.75 Å². The standard InChI is InChI=1S/C8H11Cl2N3O/c1-14-7-3-5(9)4(2-6(7)10)8(11)13-12/h2-3,8,13H,11-12H2,1H3. The fourth-order valence-corrected chi connectivity index (χ4v) is 1.55. The Morgan fingerprint density at radius 1 is 1.36 bits per heavy atom. The molecule has 4 nitrogen and oxygen atoms in total. The first-order valence-electron chi connectivity index (χ1n) is 3.84. The van der Waals surface area contributed by atoms with Gasteiger partial charge < -0.3 is 10.5 Å². The number of ether oxygens (including phenoxy) is 1. The highest BCUT2D eigenvalue weighted by molar-refractivity contribution is 6.34. The zero-order chi connectivity index (χ0) is 10.7. The first-order valence-corrected chi connectivity index (χ1v) is 4.60. The molecule has 1 unspecified atom stereocenters. The van der Waals surface area contributed by atoms with Crippen LogP contribution in [0.1, 0.15) is 11.7 Å². The Bertz CT molecular complexity index is 333. The van der Waals surface area contributed by atoms with Crippen LogP contribution >= 0.6 is 23.2 Å². The van der Waals surface area contributed by atoms with Gasteiger partial charge in [-0.15, -0.1) is 0 Å². The van der Waals surface area contributed by atoms with Gasteiger partial charge in [0.1, 0.15) is 5.75 Å². The minimum Gasteiger partial charge on any atom is -0.495 e. The van der Waals surface area contributed by atoms with Gasteiger partial charge >= 0.3 is 0 Å². The van der Waals surface area contributed by atoms with E-state index in [4.69, 9.17) is 39.5 Å². The quantitative estimate of drug-likeness (QED) is 0.421. The third-order valence-corrected chi connectivity index (χ3v) is 2.41. The fraction of sp³-hybridized carbons (Fsp3) is 0.250. The molecule has 6 heteroatoms. The van der Waals surface area contributed by atoms with E-state index in [-0.39, 0.29) is 0 Å². The van der Waals surface area contributed by atoms with E-state index >= 15 is 0 Å². The second-order valence-electron chi connectivity index (χ2n) is 2.65. The molecule has 0 aliphatic rings. The van der Waals surface area contributed by atoms with Gasteiger partial charge in [-0.05, 0) is 6.07 Å². The summed E-state index contributed by atoms with van der Waals surface area (Å²) >= 11 is 11.8. The van der Waals surface area contributed by atoms with Gasteiger partial charge in [0, 0.05) is 11.6 Å². The van der Waals surface area contributed by atoms with Crippen LogP contribution in [0.15, 0.2) is 12.1 Å². The smallest absolute Gasteiger partial charge is 0.138 e. The summed E-state index contributed by atoms with van der Waals surface area (Å²) in [5.74, 6) is 5.69. The highest BCUT2D eigenvalue weighted by atomic mass is 35.5. The lowest BCUT2D eigenvalue weighted by atomic mass is 10.2. The van der Waals surface area contributed by atoms with E-state index < -0.39 is 6.17 Å². The topological polar surface area (TPSA) is 73.3 Å². The van der Waals surface area contributed by atoms with E-state index in [1.54, 1.807) is 12.1 Å². The Balaban J connectivity index is 3.14. The SMILES string of the molecule is COc1cc(Cl)c(C(N)NN)cc1Cl. The molecule has 0 aliphatic carbocycles. The molecule has 0 spiro atoms. The lowest BCUT2D eigenvalue weighted by Crippen LogP contribution is -2.34. The molecule has 0 radical (unpaired) electrons. The van der Waals surface area contributed by atoms with Gasteiger partial charge in [-0.1, -0.05) is 23.2 Å². The molecule has 0 saturated carbocycles. The highest BCUT2D eigenvalue weighted by Gasteiger charge is 2.12. The van der Waals surface area contributed by atoms with Crippen LogP contribution in [0.25, 0.3) is 0 Å². The number of hydrogen-bond donors (Lipinski definition) is 3. The van der Waals surface area contributed by atoms with Crippen LogP contribution in [-0.2, 0) is 0 Å². The number of halogens is 2. The van der Waals surface area contributed by atoms with Crippen LogP contribution in [0.2, 0.25) is 10.0 Å². The minimum absolute atomic E-state index is 0.442. The molecular weight excluding hydrogens is 225 g/mol. The van der Waals surface area contributed by atoms with Gasteiger partial charge in [-0.2, -0.15) is 0 Å². The summed E-state index contributed by atoms with van der Waals surface area (Å²) in [4.78, 5) is 0. The van der Waals surface area contributed by atoms with Gasteiger partial charge in [0.2, 0.25) is 0 Å². The molecule has 1 rings (SSSR count). The van der Waals surface area contributed by atoms with E-state index in [1.165, 1.54) is 7.11 Å². The molecule has 0 saturated heterocycles. The summed E-state index contributed by atoms with van der Waals surface area (Å²) < 4.78 is 4.99. The Kier molecular flexibility index (Phi) is 3.97. The van der Waals surface area contributed by atoms with Gasteiger partial charge in [0.05, 0.1) is 23.3 Å². The maximum Gasteiger partial charge on any atom is 0.138 e. The van der Waals surface area contributed by atoms with E-state index in [2.05, 4.69) is 5.43 Å². The summed E-state index contributed by atoms with van der Waals surface area (Å²) in [5.41, 5.74) is 8.64. The number of nitrogens with one attached hydrogen (secondary N) is 1. The lowest BCUT2D eigenvalue weighted by Gasteiger charge is -2.14. The van der Waals surface area contributed by atoms with E-state index in [0.29, 0.717) is 21.4 Å². The van der Waals surface area contributed by atoms with Crippen molar-refractivity contribution in [2.24, 2.45) is 11.6 Å². The second-order valence-corrected chi connectivity index (χ2v) is 3.47. The maximum absolute atomic E-state index is 5.94. The van der Waals surface area contributed by atoms with Crippen molar-refractivity contribution in [3.8, 4) is 5.75 Å². The van der Waals surface area contributed by atoms with E-state index in [9.17, 15) is 0 Å². The predicted molar refractivity (Wildman–Crippen MR) is 57.3 cm³/mol. The van der Waals surface area contributed by atoms with Crippen LogP contribution in [-0.4, -0.2) is 7.11 Å². The normalized spacial score (nSPS) is 12.6. The molecule has 0 fully saturated rings. The third kappa shape index (κ3) is 2.29. The van der Waals surface area contributed by atoms with Crippen LogP contribution in [0.3, 0.4) is 0 Å². The molecule has 0 bridgehead atoms. The Morgan fingerprint density at radius 3 is 2.50 bits per heavy atom. The van der Waals surface area contributed by atoms with Crippen molar-refractivity contribution in [3.05, 3.63) is 27.7 Å². The zero-order valence-electron chi connectivity index (χ0n) is 7.55. The molecule has 0 amide bonds. The van der Waals surface area contributed by atoms with Crippen molar-refractivity contribution in [2.75, 3.05) is 7.11 Å². The highest BCUT2D eigenvalue weighted by Crippen LogP contribution is 2.32. The van der Waals surface area contributed by atoms with Crippen molar-refractivity contribution in [3.63, 3.8) is 0 Å². The van der Waals surface area contributed by atoms with E-state index in [0.717, 1.165) is 0 Å². The summed E-state index contributed by atoms with van der Waals surface area (Å²) in [6.45, 7) is 0. The first kappa shape index (κ1) is 11.6. The zero-order valence-corrected chi connectivity index (χ0v) is 9.06. The Hall–Kier alpha value is -0.520. The molecule has 1 atom stereocenters. The molecule has 5 N–H and O–H groups in total. The number of benzene rings is 1. The summed E-state index contributed by atoms with van der Waals surface area (Å²) in [6, 6.07) is 3.21. The second kappa shape index (κ2) is 4.82. The third-order valence-electron chi connectivity index (χ3n) is 1.79. The van der Waals surface area contributed by atoms with Gasteiger partial charge in [-0.3, -0.25) is 5.84 Å². The van der Waals surface area contributed by atoms with Crippen molar-refractivity contribution in [1.29, 1.82) is 0 Å². The van der Waals surface area contributed by atoms with Crippen molar-refractivity contribution >= 4 is 23.2 Å². The largest absolute Gasteiger partial charge is 0.495 e. The average molecular weight is 236 g/mol. The van der Waals surface area contributed by atoms with Gasteiger partial charge in [-0.25, -0.2) is 5.43 Å². The molecule has 0 heterocycles. The molecule has 78 valence electrons. The number of nitrogens with two attached hydrogens (primary N) is 2. The van der Waals surface area contributed by atoms with Crippen LogP contribution in [0.4, 0.5) is 0 Å². The first-order chi connectivity index (χ1) is 6.60. The van der Waals surface area contributed by atoms with Crippen molar-refractivity contribution in [2.45, 2.75) is 6.17 Å². The molecule has 0 aliphatic heterocycles. The molecule has 1 aromatic carbocycles. The van der Waals surface area contributed by atoms with Gasteiger partial charge in [0.15, 0.2) is 0 Å². The summed E-state index contributed by atoms with van der Waals surface area (Å²) in [6.07, 6.45) is -0.550. The van der Waals surface area contributed by atoms with Gasteiger partial charge in [0.25, 0.3) is 0 Å². The number of methoxy groups -OCH3 is 1. The number of rotatable bonds is 3. The summed E-state index contributed by atoms with van der Waals surface area (Å²) in [5, 5.41) is 0.898. The number of hydrogen-bond acceptors (Lipinski definition) is 4.